The second kappa shape index (κ2) is 13.5. The van der Waals surface area contributed by atoms with Crippen LogP contribution < -0.4 is 14.8 Å². The first-order valence-corrected chi connectivity index (χ1v) is 12.8. The molecule has 1 aromatic heterocycles. The highest BCUT2D eigenvalue weighted by Crippen LogP contribution is 2.24. The van der Waals surface area contributed by atoms with E-state index in [1.54, 1.807) is 36.4 Å². The number of likely N-dealkylation sites (tertiary alicyclic amines) is 1. The van der Waals surface area contributed by atoms with Gasteiger partial charge in [-0.05, 0) is 44.3 Å². The van der Waals surface area contributed by atoms with E-state index in [2.05, 4.69) is 21.7 Å². The summed E-state index contributed by atoms with van der Waals surface area (Å²) in [6, 6.07) is 10.0. The van der Waals surface area contributed by atoms with Crippen molar-refractivity contribution in [2.75, 3.05) is 32.6 Å². The number of para-hydroxylation sites is 1. The normalized spacial score (nSPS) is 14.6. The summed E-state index contributed by atoms with van der Waals surface area (Å²) in [7, 11) is 1.66. The fourth-order valence-electron chi connectivity index (χ4n) is 3.45. The van der Waals surface area contributed by atoms with E-state index in [0.29, 0.717) is 12.4 Å². The number of rotatable bonds is 12. The Morgan fingerprint density at radius 3 is 2.94 bits per heavy atom. The van der Waals surface area contributed by atoms with Gasteiger partial charge in [0.15, 0.2) is 0 Å². The highest BCUT2D eigenvalue weighted by atomic mass is 32.2. The first-order valence-electron chi connectivity index (χ1n) is 10.8. The number of methoxy groups -OCH3 is 1. The van der Waals surface area contributed by atoms with Crippen LogP contribution in [0.1, 0.15) is 36.1 Å². The van der Waals surface area contributed by atoms with Crippen molar-refractivity contribution < 1.29 is 14.3 Å². The quantitative estimate of drug-likeness (QED) is 0.448. The molecule has 1 aliphatic heterocycles. The van der Waals surface area contributed by atoms with E-state index in [1.165, 1.54) is 37.2 Å². The molecule has 31 heavy (non-hydrogen) atoms. The van der Waals surface area contributed by atoms with Crippen molar-refractivity contribution in [1.82, 2.24) is 10.2 Å². The number of amides is 1. The van der Waals surface area contributed by atoms with Gasteiger partial charge in [0.1, 0.15) is 11.5 Å². The molecular weight excluding hydrogens is 428 g/mol. The van der Waals surface area contributed by atoms with Gasteiger partial charge in [0, 0.05) is 34.5 Å². The Morgan fingerprint density at radius 1 is 1.26 bits per heavy atom. The average Bonchev–Trinajstić information content (AvgIpc) is 3.24. The topological polar surface area (TPSA) is 50.8 Å². The standard InChI is InChI=1S/C24H32N2O3S2/c1-28-23-10-4-3-9-20(23)17-30-19-24(27)25-11-5-8-14-29-21-15-22(31-18-21)16-26-12-6-2-7-13-26/h3-5,9-11,15,18H,2,6-8,12-14,16-17,19H2,1H3,(H,25,27)/b11-5-. The molecule has 2 heterocycles. The van der Waals surface area contributed by atoms with Gasteiger partial charge in [-0.2, -0.15) is 0 Å². The van der Waals surface area contributed by atoms with Crippen LogP contribution in [0.25, 0.3) is 0 Å². The largest absolute Gasteiger partial charge is 0.496 e. The molecule has 1 aliphatic rings. The lowest BCUT2D eigenvalue weighted by molar-refractivity contribution is -0.117. The maximum Gasteiger partial charge on any atom is 0.233 e. The molecule has 0 radical (unpaired) electrons. The Labute approximate surface area is 193 Å². The zero-order chi connectivity index (χ0) is 21.7. The second-order valence-corrected chi connectivity index (χ2v) is 9.48. The van der Waals surface area contributed by atoms with Crippen molar-refractivity contribution >= 4 is 29.0 Å². The second-order valence-electron chi connectivity index (χ2n) is 7.50. The molecule has 5 nitrogen and oxygen atoms in total. The predicted octanol–water partition coefficient (Wildman–Crippen LogP) is 5.07. The number of hydrogen-bond acceptors (Lipinski definition) is 6. The molecule has 1 amide bonds. The smallest absolute Gasteiger partial charge is 0.233 e. The Balaban J connectivity index is 1.25. The van der Waals surface area contributed by atoms with Gasteiger partial charge in [-0.25, -0.2) is 0 Å². The number of thioether (sulfide) groups is 1. The lowest BCUT2D eigenvalue weighted by Crippen LogP contribution is -2.28. The van der Waals surface area contributed by atoms with E-state index in [9.17, 15) is 4.79 Å². The number of carbonyl (C=O) groups excluding carboxylic acids is 1. The molecule has 3 rings (SSSR count). The number of carbonyl (C=O) groups is 1. The Kier molecular flexibility index (Phi) is 10.3. The average molecular weight is 461 g/mol. The number of nitrogens with one attached hydrogen (secondary N) is 1. The Hall–Kier alpha value is -1.96. The summed E-state index contributed by atoms with van der Waals surface area (Å²) in [5.41, 5.74) is 1.10. The van der Waals surface area contributed by atoms with Gasteiger partial charge in [0.25, 0.3) is 0 Å². The lowest BCUT2D eigenvalue weighted by Gasteiger charge is -2.25. The zero-order valence-electron chi connectivity index (χ0n) is 18.2. The van der Waals surface area contributed by atoms with Crippen LogP contribution in [0.4, 0.5) is 0 Å². The van der Waals surface area contributed by atoms with Crippen LogP contribution in [0.15, 0.2) is 48.0 Å². The maximum atomic E-state index is 12.0. The molecule has 0 saturated carbocycles. The maximum absolute atomic E-state index is 12.0. The molecule has 2 aromatic rings. The molecule has 0 aliphatic carbocycles. The van der Waals surface area contributed by atoms with Crippen molar-refractivity contribution in [3.05, 3.63) is 58.4 Å². The van der Waals surface area contributed by atoms with Gasteiger partial charge in [-0.3, -0.25) is 9.69 Å². The number of thiophene rings is 1. The first kappa shape index (κ1) is 23.7. The minimum absolute atomic E-state index is 0.00254. The lowest BCUT2D eigenvalue weighted by atomic mass is 10.1. The van der Waals surface area contributed by atoms with E-state index < -0.39 is 0 Å². The molecule has 1 N–H and O–H groups in total. The zero-order valence-corrected chi connectivity index (χ0v) is 19.8. The summed E-state index contributed by atoms with van der Waals surface area (Å²) in [6.45, 7) is 4.07. The molecule has 7 heteroatoms. The minimum atomic E-state index is -0.00254. The fourth-order valence-corrected chi connectivity index (χ4v) is 5.13. The highest BCUT2D eigenvalue weighted by Gasteiger charge is 2.11. The van der Waals surface area contributed by atoms with E-state index in [1.807, 2.05) is 30.3 Å². The summed E-state index contributed by atoms with van der Waals surface area (Å²) in [5.74, 6) is 2.96. The van der Waals surface area contributed by atoms with Gasteiger partial charge in [0.2, 0.25) is 5.91 Å². The van der Waals surface area contributed by atoms with E-state index >= 15 is 0 Å². The summed E-state index contributed by atoms with van der Waals surface area (Å²) >= 11 is 3.34. The molecule has 0 unspecified atom stereocenters. The number of ether oxygens (including phenoxy) is 2. The van der Waals surface area contributed by atoms with Crippen LogP contribution in [0.5, 0.6) is 11.5 Å². The molecule has 0 bridgehead atoms. The fraction of sp³-hybridized carbons (Fsp3) is 0.458. The summed E-state index contributed by atoms with van der Waals surface area (Å²) in [6.07, 6.45) is 8.40. The van der Waals surface area contributed by atoms with Gasteiger partial charge in [0.05, 0.1) is 19.5 Å². The third kappa shape index (κ3) is 8.59. The van der Waals surface area contributed by atoms with E-state index in [4.69, 9.17) is 9.47 Å². The molecule has 1 aromatic carbocycles. The van der Waals surface area contributed by atoms with Crippen LogP contribution in [0, 0.1) is 0 Å². The number of benzene rings is 1. The van der Waals surface area contributed by atoms with Crippen molar-refractivity contribution in [3.8, 4) is 11.5 Å². The molecule has 1 fully saturated rings. The van der Waals surface area contributed by atoms with Crippen molar-refractivity contribution in [2.45, 2.75) is 38.0 Å². The van der Waals surface area contributed by atoms with Gasteiger partial charge < -0.3 is 14.8 Å². The van der Waals surface area contributed by atoms with Crippen LogP contribution >= 0.6 is 23.1 Å². The first-order chi connectivity index (χ1) is 15.2. The van der Waals surface area contributed by atoms with Gasteiger partial charge in [-0.1, -0.05) is 30.7 Å². The Morgan fingerprint density at radius 2 is 2.10 bits per heavy atom. The van der Waals surface area contributed by atoms with Gasteiger partial charge >= 0.3 is 0 Å². The highest BCUT2D eigenvalue weighted by molar-refractivity contribution is 7.99. The van der Waals surface area contributed by atoms with Crippen LogP contribution in [0.2, 0.25) is 0 Å². The number of piperidine rings is 1. The monoisotopic (exact) mass is 460 g/mol. The summed E-state index contributed by atoms with van der Waals surface area (Å²) in [5, 5.41) is 4.90. The summed E-state index contributed by atoms with van der Waals surface area (Å²) < 4.78 is 11.2. The van der Waals surface area contributed by atoms with Crippen LogP contribution in [0.3, 0.4) is 0 Å². The molecule has 0 atom stereocenters. The van der Waals surface area contributed by atoms with E-state index in [0.717, 1.165) is 35.8 Å². The van der Waals surface area contributed by atoms with Crippen molar-refractivity contribution in [3.63, 3.8) is 0 Å². The van der Waals surface area contributed by atoms with E-state index in [-0.39, 0.29) is 5.91 Å². The molecule has 0 spiro atoms. The molecule has 168 valence electrons. The molecular formula is C24H32N2O3S2. The summed E-state index contributed by atoms with van der Waals surface area (Å²) in [4.78, 5) is 15.9. The SMILES string of the molecule is COc1ccccc1CSCC(=O)N/C=C\CCOc1csc(CN2CCCCC2)c1. The van der Waals surface area contributed by atoms with Crippen molar-refractivity contribution in [1.29, 1.82) is 0 Å². The van der Waals surface area contributed by atoms with Crippen molar-refractivity contribution in [2.24, 2.45) is 0 Å². The van der Waals surface area contributed by atoms with Crippen LogP contribution in [-0.2, 0) is 17.1 Å². The number of nitrogens with zero attached hydrogens (tertiary/aromatic N) is 1. The molecule has 1 saturated heterocycles. The predicted molar refractivity (Wildman–Crippen MR) is 130 cm³/mol. The third-order valence-electron chi connectivity index (χ3n) is 5.06. The van der Waals surface area contributed by atoms with Gasteiger partial charge in [-0.15, -0.1) is 23.1 Å². The minimum Gasteiger partial charge on any atom is -0.496 e. The third-order valence-corrected chi connectivity index (χ3v) is 6.94. The number of hydrogen-bond donors (Lipinski definition) is 1. The van der Waals surface area contributed by atoms with Crippen LogP contribution in [-0.4, -0.2) is 43.4 Å². The Bertz CT molecular complexity index is 832.